The number of hydrogen-bond acceptors (Lipinski definition) is 5. The zero-order valence-electron chi connectivity index (χ0n) is 17.1. The Kier molecular flexibility index (Phi) is 11.8. The van der Waals surface area contributed by atoms with Gasteiger partial charge in [-0.3, -0.25) is 9.80 Å². The monoisotopic (exact) mass is 456 g/mol. The average molecular weight is 457 g/mol. The summed E-state index contributed by atoms with van der Waals surface area (Å²) in [4.78, 5) is 15.4. The lowest BCUT2D eigenvalue weighted by atomic mass is 9.96. The molecule has 1 fully saturated rings. The molecule has 0 aromatic heterocycles. The summed E-state index contributed by atoms with van der Waals surface area (Å²) < 4.78 is 10.5. The van der Waals surface area contributed by atoms with Gasteiger partial charge in [-0.15, -0.1) is 24.8 Å². The molecule has 1 heterocycles. The topological polar surface area (TPSA) is 62.2 Å². The summed E-state index contributed by atoms with van der Waals surface area (Å²) in [5.41, 5.74) is 2.54. The number of hydrogen-bond donors (Lipinski definition) is 1. The summed E-state index contributed by atoms with van der Waals surface area (Å²) in [6.07, 6.45) is 0. The van der Waals surface area contributed by atoms with Crippen molar-refractivity contribution in [1.29, 1.82) is 0 Å². The van der Waals surface area contributed by atoms with Crippen LogP contribution in [0.4, 0.5) is 0 Å². The quantitative estimate of drug-likeness (QED) is 0.583. The summed E-state index contributed by atoms with van der Waals surface area (Å²) >= 11 is 0. The van der Waals surface area contributed by atoms with Crippen molar-refractivity contribution in [3.63, 3.8) is 0 Å². The van der Waals surface area contributed by atoms with Gasteiger partial charge in [0.15, 0.2) is 0 Å². The Balaban J connectivity index is 0.00000225. The first-order chi connectivity index (χ1) is 13.7. The zero-order valence-corrected chi connectivity index (χ0v) is 18.7. The summed E-state index contributed by atoms with van der Waals surface area (Å²) in [7, 11) is 1.68. The number of carboxylic acid groups (broad SMARTS) is 1. The third kappa shape index (κ3) is 7.45. The van der Waals surface area contributed by atoms with Crippen molar-refractivity contribution in [2.24, 2.45) is 0 Å². The highest BCUT2D eigenvalue weighted by Crippen LogP contribution is 2.30. The number of carbonyl (C=O) groups is 1. The molecule has 2 aromatic rings. The summed E-state index contributed by atoms with van der Waals surface area (Å²) in [5.74, 6) is -0.0586. The third-order valence-corrected chi connectivity index (χ3v) is 5.10. The Morgan fingerprint density at radius 1 is 0.967 bits per heavy atom. The number of nitrogens with zero attached hydrogens (tertiary/aromatic N) is 2. The van der Waals surface area contributed by atoms with Gasteiger partial charge < -0.3 is 14.6 Å². The van der Waals surface area contributed by atoms with Crippen molar-refractivity contribution in [3.8, 4) is 5.75 Å². The first kappa shape index (κ1) is 26.2. The fourth-order valence-electron chi connectivity index (χ4n) is 3.63. The molecule has 1 N–H and O–H groups in total. The number of aliphatic carboxylic acids is 1. The molecular formula is C22H30Cl2N2O4. The van der Waals surface area contributed by atoms with E-state index in [0.717, 1.165) is 38.5 Å². The lowest BCUT2D eigenvalue weighted by Crippen LogP contribution is -2.48. The number of piperazine rings is 1. The number of carboxylic acids is 1. The maximum atomic E-state index is 10.5. The molecule has 0 spiro atoms. The van der Waals surface area contributed by atoms with Crippen LogP contribution in [0.2, 0.25) is 0 Å². The molecule has 0 aliphatic carbocycles. The van der Waals surface area contributed by atoms with E-state index in [-0.39, 0.29) is 37.5 Å². The van der Waals surface area contributed by atoms with Crippen LogP contribution in [0, 0.1) is 0 Å². The number of ether oxygens (including phenoxy) is 2. The van der Waals surface area contributed by atoms with Crippen molar-refractivity contribution in [3.05, 3.63) is 65.7 Å². The minimum atomic E-state index is -0.921. The number of methoxy groups -OCH3 is 1. The van der Waals surface area contributed by atoms with Gasteiger partial charge in [-0.05, 0) is 23.3 Å². The first-order valence-corrected chi connectivity index (χ1v) is 9.62. The molecule has 0 saturated carbocycles. The molecule has 0 amide bonds. The Bertz CT molecular complexity index is 739. The van der Waals surface area contributed by atoms with Gasteiger partial charge in [-0.1, -0.05) is 42.5 Å². The SMILES string of the molecule is COc1ccc(C(c2ccccc2)N2CCN(CCOCC(=O)O)CC2)cc1.Cl.Cl. The second-order valence-corrected chi connectivity index (χ2v) is 6.91. The molecule has 2 aromatic carbocycles. The molecule has 166 valence electrons. The maximum absolute atomic E-state index is 10.5. The highest BCUT2D eigenvalue weighted by molar-refractivity contribution is 5.85. The van der Waals surface area contributed by atoms with E-state index in [1.165, 1.54) is 11.1 Å². The van der Waals surface area contributed by atoms with Crippen LogP contribution in [0.15, 0.2) is 54.6 Å². The zero-order chi connectivity index (χ0) is 19.8. The Morgan fingerprint density at radius 3 is 2.13 bits per heavy atom. The maximum Gasteiger partial charge on any atom is 0.329 e. The van der Waals surface area contributed by atoms with E-state index >= 15 is 0 Å². The molecule has 1 atom stereocenters. The van der Waals surface area contributed by atoms with Crippen LogP contribution in [-0.2, 0) is 9.53 Å². The van der Waals surface area contributed by atoms with Gasteiger partial charge in [0.1, 0.15) is 12.4 Å². The van der Waals surface area contributed by atoms with E-state index in [1.54, 1.807) is 7.11 Å². The van der Waals surface area contributed by atoms with Gasteiger partial charge in [-0.25, -0.2) is 4.79 Å². The highest BCUT2D eigenvalue weighted by atomic mass is 35.5. The second-order valence-electron chi connectivity index (χ2n) is 6.91. The van der Waals surface area contributed by atoms with Crippen molar-refractivity contribution in [1.82, 2.24) is 9.80 Å². The van der Waals surface area contributed by atoms with Crippen molar-refractivity contribution >= 4 is 30.8 Å². The molecule has 1 aliphatic heterocycles. The van der Waals surface area contributed by atoms with Gasteiger partial charge in [0, 0.05) is 32.7 Å². The van der Waals surface area contributed by atoms with Crippen molar-refractivity contribution in [2.75, 3.05) is 53.0 Å². The van der Waals surface area contributed by atoms with E-state index < -0.39 is 5.97 Å². The number of halogens is 2. The van der Waals surface area contributed by atoms with Gasteiger partial charge in [0.05, 0.1) is 19.8 Å². The fourth-order valence-corrected chi connectivity index (χ4v) is 3.63. The van der Waals surface area contributed by atoms with Crippen molar-refractivity contribution in [2.45, 2.75) is 6.04 Å². The van der Waals surface area contributed by atoms with E-state index in [9.17, 15) is 4.79 Å². The van der Waals surface area contributed by atoms with E-state index in [2.05, 4.69) is 46.2 Å². The van der Waals surface area contributed by atoms with Crippen LogP contribution < -0.4 is 4.74 Å². The summed E-state index contributed by atoms with van der Waals surface area (Å²) in [5, 5.41) is 8.64. The van der Waals surface area contributed by atoms with Gasteiger partial charge in [0.2, 0.25) is 0 Å². The van der Waals surface area contributed by atoms with Crippen LogP contribution in [0.5, 0.6) is 5.75 Å². The fraction of sp³-hybridized carbons (Fsp3) is 0.409. The summed E-state index contributed by atoms with van der Waals surface area (Å²) in [6.45, 7) is 4.76. The largest absolute Gasteiger partial charge is 0.497 e. The molecule has 0 bridgehead atoms. The molecule has 6 nitrogen and oxygen atoms in total. The number of rotatable bonds is 9. The third-order valence-electron chi connectivity index (χ3n) is 5.10. The normalized spacial score (nSPS) is 15.5. The van der Waals surface area contributed by atoms with Gasteiger partial charge in [-0.2, -0.15) is 0 Å². The van der Waals surface area contributed by atoms with E-state index in [0.29, 0.717) is 6.61 Å². The molecule has 1 saturated heterocycles. The smallest absolute Gasteiger partial charge is 0.329 e. The lowest BCUT2D eigenvalue weighted by Gasteiger charge is -2.39. The predicted octanol–water partition coefficient (Wildman–Crippen LogP) is 3.35. The standard InChI is InChI=1S/C22H28N2O4.2ClH/c1-27-20-9-7-19(8-10-20)22(18-5-3-2-4-6-18)24-13-11-23(12-14-24)15-16-28-17-21(25)26;;/h2-10,22H,11-17H2,1H3,(H,25,26);2*1H. The molecule has 8 heteroatoms. The summed E-state index contributed by atoms with van der Waals surface area (Å²) in [6, 6.07) is 19.1. The van der Waals surface area contributed by atoms with Gasteiger partial charge in [0.25, 0.3) is 0 Å². The van der Waals surface area contributed by atoms with Crippen LogP contribution >= 0.6 is 24.8 Å². The van der Waals surface area contributed by atoms with E-state index in [1.807, 2.05) is 18.2 Å². The molecule has 0 radical (unpaired) electrons. The van der Waals surface area contributed by atoms with Crippen LogP contribution in [0.1, 0.15) is 17.2 Å². The Morgan fingerprint density at radius 2 is 1.57 bits per heavy atom. The Labute approximate surface area is 190 Å². The molecule has 3 rings (SSSR count). The number of benzene rings is 2. The van der Waals surface area contributed by atoms with Crippen LogP contribution in [0.25, 0.3) is 0 Å². The van der Waals surface area contributed by atoms with E-state index in [4.69, 9.17) is 14.6 Å². The molecule has 30 heavy (non-hydrogen) atoms. The first-order valence-electron chi connectivity index (χ1n) is 9.62. The van der Waals surface area contributed by atoms with Crippen LogP contribution in [0.3, 0.4) is 0 Å². The average Bonchev–Trinajstić information content (AvgIpc) is 2.74. The Hall–Kier alpha value is -1.83. The predicted molar refractivity (Wildman–Crippen MR) is 122 cm³/mol. The lowest BCUT2D eigenvalue weighted by molar-refractivity contribution is -0.142. The highest BCUT2D eigenvalue weighted by Gasteiger charge is 2.26. The minimum Gasteiger partial charge on any atom is -0.497 e. The van der Waals surface area contributed by atoms with Crippen LogP contribution in [-0.4, -0.2) is 73.9 Å². The molecule has 1 aliphatic rings. The second kappa shape index (κ2) is 13.5. The van der Waals surface area contributed by atoms with Gasteiger partial charge >= 0.3 is 5.97 Å². The van der Waals surface area contributed by atoms with Crippen molar-refractivity contribution < 1.29 is 19.4 Å². The minimum absolute atomic E-state index is 0. The molecule has 1 unspecified atom stereocenters. The molecular weight excluding hydrogens is 427 g/mol.